The predicted molar refractivity (Wildman–Crippen MR) is 101 cm³/mol. The highest BCUT2D eigenvalue weighted by atomic mass is 15.1. The predicted octanol–water partition coefficient (Wildman–Crippen LogP) is 4.54. The standard InChI is InChI=1S/C23H21N2/c1-4-10-20(11-5-1)18-24-16-17-25(19-21-12-6-2-7-13-21)23(24)22-14-8-3-9-15-22/h1-17H,18-19H2/q+1. The van der Waals surface area contributed by atoms with Gasteiger partial charge in [-0.2, -0.15) is 0 Å². The topological polar surface area (TPSA) is 8.81 Å². The lowest BCUT2D eigenvalue weighted by Gasteiger charge is -2.06. The van der Waals surface area contributed by atoms with Gasteiger partial charge >= 0.3 is 0 Å². The second-order valence-corrected chi connectivity index (χ2v) is 6.21. The highest BCUT2D eigenvalue weighted by Crippen LogP contribution is 2.18. The van der Waals surface area contributed by atoms with Gasteiger partial charge in [0.25, 0.3) is 5.82 Å². The molecule has 25 heavy (non-hydrogen) atoms. The Hall–Kier alpha value is -3.13. The van der Waals surface area contributed by atoms with Gasteiger partial charge in [-0.25, -0.2) is 9.13 Å². The fraction of sp³-hybridized carbons (Fsp3) is 0.0870. The maximum Gasteiger partial charge on any atom is 0.289 e. The Balaban J connectivity index is 1.74. The first-order valence-electron chi connectivity index (χ1n) is 8.62. The molecule has 0 saturated heterocycles. The molecule has 0 aliphatic heterocycles. The van der Waals surface area contributed by atoms with Crippen LogP contribution in [0.2, 0.25) is 0 Å². The normalized spacial score (nSPS) is 10.7. The highest BCUT2D eigenvalue weighted by molar-refractivity contribution is 5.52. The van der Waals surface area contributed by atoms with Crippen LogP contribution in [0.25, 0.3) is 11.4 Å². The summed E-state index contributed by atoms with van der Waals surface area (Å²) >= 11 is 0. The molecule has 0 fully saturated rings. The van der Waals surface area contributed by atoms with Crippen LogP contribution in [-0.4, -0.2) is 4.57 Å². The minimum absolute atomic E-state index is 0.868. The van der Waals surface area contributed by atoms with Crippen LogP contribution < -0.4 is 4.57 Å². The van der Waals surface area contributed by atoms with Crippen molar-refractivity contribution in [3.05, 3.63) is 115 Å². The third kappa shape index (κ3) is 3.53. The summed E-state index contributed by atoms with van der Waals surface area (Å²) in [6, 6.07) is 31.8. The molecular weight excluding hydrogens is 304 g/mol. The van der Waals surface area contributed by atoms with Crippen molar-refractivity contribution < 1.29 is 4.57 Å². The molecule has 4 rings (SSSR count). The van der Waals surface area contributed by atoms with E-state index in [1.165, 1.54) is 22.5 Å². The summed E-state index contributed by atoms with van der Waals surface area (Å²) in [5, 5.41) is 0. The van der Waals surface area contributed by atoms with Gasteiger partial charge in [-0.1, -0.05) is 78.9 Å². The molecule has 0 N–H and O–H groups in total. The SMILES string of the molecule is c1ccc(Cn2cc[n+](Cc3ccccc3)c2-c2ccccc2)cc1. The maximum absolute atomic E-state index is 2.33. The van der Waals surface area contributed by atoms with Crippen molar-refractivity contribution in [2.24, 2.45) is 0 Å². The zero-order valence-corrected chi connectivity index (χ0v) is 14.1. The molecule has 0 saturated carbocycles. The summed E-state index contributed by atoms with van der Waals surface area (Å²) in [7, 11) is 0. The summed E-state index contributed by atoms with van der Waals surface area (Å²) in [4.78, 5) is 0. The van der Waals surface area contributed by atoms with Crippen LogP contribution in [0.5, 0.6) is 0 Å². The van der Waals surface area contributed by atoms with Gasteiger partial charge in [0.2, 0.25) is 0 Å². The Labute approximate surface area is 148 Å². The fourth-order valence-corrected chi connectivity index (χ4v) is 3.20. The van der Waals surface area contributed by atoms with Gasteiger partial charge in [-0.05, 0) is 23.3 Å². The van der Waals surface area contributed by atoms with Gasteiger partial charge in [0.1, 0.15) is 25.5 Å². The molecule has 122 valence electrons. The Morgan fingerprint density at radius 1 is 0.640 bits per heavy atom. The molecule has 3 aromatic carbocycles. The highest BCUT2D eigenvalue weighted by Gasteiger charge is 2.19. The van der Waals surface area contributed by atoms with E-state index in [2.05, 4.69) is 113 Å². The quantitative estimate of drug-likeness (QED) is 0.476. The Bertz CT molecular complexity index is 867. The molecule has 0 bridgehead atoms. The summed E-state index contributed by atoms with van der Waals surface area (Å²) in [5.41, 5.74) is 3.85. The zero-order chi connectivity index (χ0) is 16.9. The van der Waals surface area contributed by atoms with E-state index in [1.54, 1.807) is 0 Å². The molecule has 0 unspecified atom stereocenters. The van der Waals surface area contributed by atoms with E-state index in [-0.39, 0.29) is 0 Å². The van der Waals surface area contributed by atoms with E-state index in [4.69, 9.17) is 0 Å². The van der Waals surface area contributed by atoms with Crippen LogP contribution in [0.4, 0.5) is 0 Å². The monoisotopic (exact) mass is 325 g/mol. The molecule has 2 heteroatoms. The van der Waals surface area contributed by atoms with Crippen LogP contribution in [0, 0.1) is 0 Å². The third-order valence-corrected chi connectivity index (χ3v) is 4.39. The fourth-order valence-electron chi connectivity index (χ4n) is 3.20. The number of imidazole rings is 1. The Morgan fingerprint density at radius 2 is 1.20 bits per heavy atom. The van der Waals surface area contributed by atoms with Crippen LogP contribution in [-0.2, 0) is 13.1 Å². The summed E-state index contributed by atoms with van der Waals surface area (Å²) in [6.07, 6.45) is 4.36. The molecule has 0 amide bonds. The number of hydrogen-bond acceptors (Lipinski definition) is 0. The lowest BCUT2D eigenvalue weighted by atomic mass is 10.1. The summed E-state index contributed by atoms with van der Waals surface area (Å²) < 4.78 is 4.65. The first-order chi connectivity index (χ1) is 12.4. The molecule has 0 aliphatic carbocycles. The largest absolute Gasteiger partial charge is 0.289 e. The average molecular weight is 325 g/mol. The molecule has 0 aliphatic rings. The van der Waals surface area contributed by atoms with Crippen molar-refractivity contribution in [2.75, 3.05) is 0 Å². The first kappa shape index (κ1) is 15.4. The Morgan fingerprint density at radius 3 is 1.84 bits per heavy atom. The molecule has 1 aromatic heterocycles. The van der Waals surface area contributed by atoms with Crippen molar-refractivity contribution in [1.29, 1.82) is 0 Å². The van der Waals surface area contributed by atoms with Gasteiger partial charge in [0, 0.05) is 0 Å². The smallest absolute Gasteiger partial charge is 0.226 e. The number of hydrogen-bond donors (Lipinski definition) is 0. The molecule has 0 atom stereocenters. The van der Waals surface area contributed by atoms with Crippen LogP contribution in [0.15, 0.2) is 103 Å². The number of benzene rings is 3. The molecule has 4 aromatic rings. The number of rotatable bonds is 5. The van der Waals surface area contributed by atoms with Crippen molar-refractivity contribution in [3.8, 4) is 11.4 Å². The number of aromatic nitrogens is 2. The minimum atomic E-state index is 0.868. The lowest BCUT2D eigenvalue weighted by molar-refractivity contribution is -0.676. The molecule has 1 heterocycles. The molecule has 0 spiro atoms. The second kappa shape index (κ2) is 7.18. The van der Waals surface area contributed by atoms with Gasteiger partial charge in [-0.15, -0.1) is 0 Å². The van der Waals surface area contributed by atoms with Crippen LogP contribution in [0.1, 0.15) is 11.1 Å². The third-order valence-electron chi connectivity index (χ3n) is 4.39. The van der Waals surface area contributed by atoms with Gasteiger partial charge < -0.3 is 0 Å². The van der Waals surface area contributed by atoms with Crippen LogP contribution in [0.3, 0.4) is 0 Å². The van der Waals surface area contributed by atoms with E-state index < -0.39 is 0 Å². The van der Waals surface area contributed by atoms with Gasteiger partial charge in [0.15, 0.2) is 0 Å². The first-order valence-corrected chi connectivity index (χ1v) is 8.62. The number of nitrogens with zero attached hydrogens (tertiary/aromatic N) is 2. The zero-order valence-electron chi connectivity index (χ0n) is 14.1. The lowest BCUT2D eigenvalue weighted by Crippen LogP contribution is -2.35. The van der Waals surface area contributed by atoms with E-state index in [0.29, 0.717) is 0 Å². The van der Waals surface area contributed by atoms with E-state index in [9.17, 15) is 0 Å². The van der Waals surface area contributed by atoms with Crippen molar-refractivity contribution in [3.63, 3.8) is 0 Å². The maximum atomic E-state index is 2.33. The second-order valence-electron chi connectivity index (χ2n) is 6.21. The van der Waals surface area contributed by atoms with E-state index in [0.717, 1.165) is 13.1 Å². The summed E-state index contributed by atoms with van der Waals surface area (Å²) in [6.45, 7) is 1.74. The van der Waals surface area contributed by atoms with E-state index in [1.807, 2.05) is 0 Å². The van der Waals surface area contributed by atoms with Crippen LogP contribution >= 0.6 is 0 Å². The summed E-state index contributed by atoms with van der Waals surface area (Å²) in [5.74, 6) is 1.23. The van der Waals surface area contributed by atoms with Crippen molar-refractivity contribution in [1.82, 2.24) is 4.57 Å². The Kier molecular flexibility index (Phi) is 4.42. The van der Waals surface area contributed by atoms with E-state index >= 15 is 0 Å². The van der Waals surface area contributed by atoms with Crippen molar-refractivity contribution in [2.45, 2.75) is 13.1 Å². The molecular formula is C23H21N2+. The van der Waals surface area contributed by atoms with Gasteiger partial charge in [-0.3, -0.25) is 0 Å². The molecule has 0 radical (unpaired) electrons. The average Bonchev–Trinajstić information content (AvgIpc) is 3.06. The van der Waals surface area contributed by atoms with Crippen molar-refractivity contribution >= 4 is 0 Å². The van der Waals surface area contributed by atoms with Gasteiger partial charge in [0.05, 0.1) is 5.56 Å². The molecule has 2 nitrogen and oxygen atoms in total. The minimum Gasteiger partial charge on any atom is -0.226 e.